The first kappa shape index (κ1) is 13.4. The summed E-state index contributed by atoms with van der Waals surface area (Å²) in [6.07, 6.45) is 0.0849. The molecule has 18 heavy (non-hydrogen) atoms. The number of anilines is 1. The third kappa shape index (κ3) is 3.48. The van der Waals surface area contributed by atoms with E-state index < -0.39 is 17.2 Å². The summed E-state index contributed by atoms with van der Waals surface area (Å²) in [4.78, 5) is 6.93. The molecule has 1 aliphatic rings. The van der Waals surface area contributed by atoms with E-state index in [1.807, 2.05) is 0 Å². The minimum Gasteiger partial charge on any atom is -0.370 e. The average Bonchev–Trinajstić information content (AvgIpc) is 2.77. The van der Waals surface area contributed by atoms with Gasteiger partial charge in [0.2, 0.25) is 5.28 Å². The first-order chi connectivity index (χ1) is 8.45. The van der Waals surface area contributed by atoms with Gasteiger partial charge in [-0.1, -0.05) is 12.8 Å². The molecule has 2 rings (SSSR count). The first-order valence-electron chi connectivity index (χ1n) is 5.81. The van der Waals surface area contributed by atoms with Gasteiger partial charge in [0, 0.05) is 12.6 Å². The molecule has 1 heterocycles. The van der Waals surface area contributed by atoms with Gasteiger partial charge in [-0.3, -0.25) is 0 Å². The zero-order chi connectivity index (χ0) is 13.2. The molecule has 1 N–H and O–H groups in total. The van der Waals surface area contributed by atoms with Crippen LogP contribution in [0.15, 0.2) is 6.07 Å². The molecule has 7 heteroatoms. The lowest BCUT2D eigenvalue weighted by molar-refractivity contribution is -0.141. The Morgan fingerprint density at radius 1 is 1.28 bits per heavy atom. The minimum absolute atomic E-state index is 0.134. The Bertz CT molecular complexity index is 416. The van der Waals surface area contributed by atoms with E-state index in [1.165, 1.54) is 12.8 Å². The largest absolute Gasteiger partial charge is 0.433 e. The quantitative estimate of drug-likeness (QED) is 0.856. The molecule has 0 saturated heterocycles. The molecule has 1 fully saturated rings. The molecule has 0 bridgehead atoms. The van der Waals surface area contributed by atoms with Crippen LogP contribution in [0.1, 0.15) is 31.4 Å². The molecular formula is C11H13ClF3N3. The van der Waals surface area contributed by atoms with Crippen molar-refractivity contribution in [3.63, 3.8) is 0 Å². The summed E-state index contributed by atoms with van der Waals surface area (Å²) in [6.45, 7) is 0.630. The number of nitrogens with one attached hydrogen (secondary N) is 1. The Morgan fingerprint density at radius 3 is 2.56 bits per heavy atom. The number of nitrogens with zero attached hydrogens (tertiary/aromatic N) is 2. The molecule has 0 aromatic carbocycles. The van der Waals surface area contributed by atoms with E-state index >= 15 is 0 Å². The van der Waals surface area contributed by atoms with Crippen LogP contribution in [0, 0.1) is 5.92 Å². The lowest BCUT2D eigenvalue weighted by Crippen LogP contribution is -2.14. The van der Waals surface area contributed by atoms with Crippen molar-refractivity contribution >= 4 is 17.4 Å². The maximum absolute atomic E-state index is 12.5. The maximum atomic E-state index is 12.5. The van der Waals surface area contributed by atoms with Gasteiger partial charge in [-0.05, 0) is 30.4 Å². The number of halogens is 4. The van der Waals surface area contributed by atoms with Crippen LogP contribution in [-0.4, -0.2) is 16.5 Å². The van der Waals surface area contributed by atoms with Gasteiger partial charge >= 0.3 is 6.18 Å². The molecule has 0 radical (unpaired) electrons. The molecule has 1 saturated carbocycles. The van der Waals surface area contributed by atoms with Gasteiger partial charge in [0.05, 0.1) is 0 Å². The Labute approximate surface area is 108 Å². The van der Waals surface area contributed by atoms with Crippen molar-refractivity contribution in [3.05, 3.63) is 17.0 Å². The van der Waals surface area contributed by atoms with Crippen molar-refractivity contribution < 1.29 is 13.2 Å². The van der Waals surface area contributed by atoms with E-state index in [1.54, 1.807) is 0 Å². The summed E-state index contributed by atoms with van der Waals surface area (Å²) < 4.78 is 37.5. The zero-order valence-corrected chi connectivity index (χ0v) is 10.4. The molecule has 0 atom stereocenters. The minimum atomic E-state index is -4.50. The monoisotopic (exact) mass is 279 g/mol. The van der Waals surface area contributed by atoms with Gasteiger partial charge in [-0.2, -0.15) is 13.2 Å². The van der Waals surface area contributed by atoms with Gasteiger partial charge in [-0.25, -0.2) is 9.97 Å². The van der Waals surface area contributed by atoms with Gasteiger partial charge in [-0.15, -0.1) is 0 Å². The summed E-state index contributed by atoms with van der Waals surface area (Å²) in [5.41, 5.74) is -1.02. The summed E-state index contributed by atoms with van der Waals surface area (Å²) in [5, 5.41) is 2.51. The first-order valence-corrected chi connectivity index (χ1v) is 6.18. The number of aromatic nitrogens is 2. The van der Waals surface area contributed by atoms with E-state index in [9.17, 15) is 13.2 Å². The fourth-order valence-corrected chi connectivity index (χ4v) is 2.30. The van der Waals surface area contributed by atoms with Crippen LogP contribution in [0.25, 0.3) is 0 Å². The second-order valence-electron chi connectivity index (χ2n) is 4.44. The Hall–Kier alpha value is -1.04. The highest BCUT2D eigenvalue weighted by molar-refractivity contribution is 6.28. The van der Waals surface area contributed by atoms with Crippen LogP contribution in [-0.2, 0) is 6.18 Å². The maximum Gasteiger partial charge on any atom is 0.433 e. The molecule has 0 unspecified atom stereocenters. The van der Waals surface area contributed by atoms with E-state index in [4.69, 9.17) is 11.6 Å². The smallest absolute Gasteiger partial charge is 0.370 e. The van der Waals surface area contributed by atoms with Crippen molar-refractivity contribution in [2.24, 2.45) is 5.92 Å². The molecule has 0 spiro atoms. The Balaban J connectivity index is 2.05. The van der Waals surface area contributed by atoms with Crippen molar-refractivity contribution in [2.45, 2.75) is 31.9 Å². The highest BCUT2D eigenvalue weighted by Crippen LogP contribution is 2.30. The van der Waals surface area contributed by atoms with E-state index in [0.717, 1.165) is 18.9 Å². The van der Waals surface area contributed by atoms with Gasteiger partial charge < -0.3 is 5.32 Å². The molecular weight excluding hydrogens is 267 g/mol. The summed E-state index contributed by atoms with van der Waals surface area (Å²) in [7, 11) is 0. The van der Waals surface area contributed by atoms with Crippen LogP contribution in [0.3, 0.4) is 0 Å². The third-order valence-electron chi connectivity index (χ3n) is 3.04. The zero-order valence-electron chi connectivity index (χ0n) is 9.60. The van der Waals surface area contributed by atoms with E-state index in [-0.39, 0.29) is 5.82 Å². The topological polar surface area (TPSA) is 37.8 Å². The third-order valence-corrected chi connectivity index (χ3v) is 3.20. The van der Waals surface area contributed by atoms with Gasteiger partial charge in [0.15, 0.2) is 5.69 Å². The molecule has 1 aromatic heterocycles. The molecule has 3 nitrogen and oxygen atoms in total. The number of alkyl halides is 3. The fourth-order valence-electron chi connectivity index (χ4n) is 2.12. The lowest BCUT2D eigenvalue weighted by Gasteiger charge is -2.12. The second-order valence-corrected chi connectivity index (χ2v) is 4.77. The predicted octanol–water partition coefficient (Wildman–Crippen LogP) is 3.75. The summed E-state index contributed by atoms with van der Waals surface area (Å²) >= 11 is 5.49. The lowest BCUT2D eigenvalue weighted by atomic mass is 10.1. The highest BCUT2D eigenvalue weighted by atomic mass is 35.5. The van der Waals surface area contributed by atoms with Crippen molar-refractivity contribution in [2.75, 3.05) is 11.9 Å². The molecule has 0 aliphatic heterocycles. The van der Waals surface area contributed by atoms with E-state index in [2.05, 4.69) is 15.3 Å². The molecule has 1 aliphatic carbocycles. The van der Waals surface area contributed by atoms with Crippen LogP contribution in [0.4, 0.5) is 19.0 Å². The normalized spacial score (nSPS) is 17.1. The average molecular weight is 280 g/mol. The van der Waals surface area contributed by atoms with Crippen LogP contribution in [0.5, 0.6) is 0 Å². The predicted molar refractivity (Wildman–Crippen MR) is 62.5 cm³/mol. The fraction of sp³-hybridized carbons (Fsp3) is 0.636. The Morgan fingerprint density at radius 2 is 1.94 bits per heavy atom. The number of hydrogen-bond donors (Lipinski definition) is 1. The van der Waals surface area contributed by atoms with Crippen molar-refractivity contribution in [1.29, 1.82) is 0 Å². The molecule has 100 valence electrons. The van der Waals surface area contributed by atoms with Gasteiger partial charge in [0.1, 0.15) is 5.82 Å². The van der Waals surface area contributed by atoms with Gasteiger partial charge in [0.25, 0.3) is 0 Å². The van der Waals surface area contributed by atoms with Crippen LogP contribution in [0.2, 0.25) is 5.28 Å². The summed E-state index contributed by atoms with van der Waals surface area (Å²) in [6, 6.07) is 0.890. The van der Waals surface area contributed by atoms with E-state index in [0.29, 0.717) is 12.5 Å². The number of hydrogen-bond acceptors (Lipinski definition) is 3. The summed E-state index contributed by atoms with van der Waals surface area (Å²) in [5.74, 6) is 0.641. The SMILES string of the molecule is FC(F)(F)c1cc(NCC2CCCC2)nc(Cl)n1. The Kier molecular flexibility index (Phi) is 3.94. The molecule has 1 aromatic rings. The van der Waals surface area contributed by atoms with Crippen LogP contribution >= 0.6 is 11.6 Å². The van der Waals surface area contributed by atoms with Crippen molar-refractivity contribution in [1.82, 2.24) is 9.97 Å². The van der Waals surface area contributed by atoms with Crippen LogP contribution < -0.4 is 5.32 Å². The second kappa shape index (κ2) is 5.30. The van der Waals surface area contributed by atoms with Crippen molar-refractivity contribution in [3.8, 4) is 0 Å². The number of rotatable bonds is 3. The highest BCUT2D eigenvalue weighted by Gasteiger charge is 2.33. The standard InChI is InChI=1S/C11H13ClF3N3/c12-10-17-8(11(13,14)15)5-9(18-10)16-6-7-3-1-2-4-7/h5,7H,1-4,6H2,(H,16,17,18). The molecule has 0 amide bonds.